The van der Waals surface area contributed by atoms with Crippen LogP contribution in [0.3, 0.4) is 0 Å². The van der Waals surface area contributed by atoms with Gasteiger partial charge in [0, 0.05) is 26.2 Å². The highest BCUT2D eigenvalue weighted by Gasteiger charge is 2.14. The number of likely N-dealkylation sites (N-methyl/N-ethyl adjacent to an activating group) is 1. The molecule has 0 aromatic carbocycles. The summed E-state index contributed by atoms with van der Waals surface area (Å²) in [5.41, 5.74) is 1.30. The van der Waals surface area contributed by atoms with Crippen LogP contribution in [0.1, 0.15) is 33.4 Å². The molecule has 1 aromatic heterocycles. The normalized spacial score (nSPS) is 13.9. The van der Waals surface area contributed by atoms with Crippen LogP contribution >= 0.6 is 0 Å². The van der Waals surface area contributed by atoms with Crippen molar-refractivity contribution >= 4 is 5.82 Å². The zero-order valence-corrected chi connectivity index (χ0v) is 11.5. The highest BCUT2D eigenvalue weighted by molar-refractivity contribution is 5.35. The molecular formula is C12H26N4. The largest absolute Gasteiger partial charge is 0.372 e. The molecule has 0 radical (unpaired) electrons. The first-order valence-electron chi connectivity index (χ1n) is 6.22. The van der Waals surface area contributed by atoms with Crippen molar-refractivity contribution in [3.8, 4) is 0 Å². The molecule has 0 unspecified atom stereocenters. The number of aromatic nitrogens is 2. The van der Waals surface area contributed by atoms with Crippen LogP contribution in [0.25, 0.3) is 0 Å². The van der Waals surface area contributed by atoms with E-state index < -0.39 is 0 Å². The van der Waals surface area contributed by atoms with Gasteiger partial charge in [-0.05, 0) is 7.05 Å². The van der Waals surface area contributed by atoms with Crippen molar-refractivity contribution in [3.05, 3.63) is 11.8 Å². The van der Waals surface area contributed by atoms with E-state index in [2.05, 4.69) is 33.1 Å². The fraction of sp³-hybridized carbons (Fsp3) is 0.750. The molecule has 2 heterocycles. The molecule has 1 aliphatic heterocycles. The van der Waals surface area contributed by atoms with Crippen molar-refractivity contribution in [1.82, 2.24) is 14.7 Å². The molecule has 1 aliphatic rings. The van der Waals surface area contributed by atoms with Gasteiger partial charge in [0.05, 0.1) is 12.2 Å². The second kappa shape index (κ2) is 8.16. The minimum atomic E-state index is 0.973. The van der Waals surface area contributed by atoms with E-state index in [1.54, 1.807) is 0 Å². The third-order valence-corrected chi connectivity index (χ3v) is 2.24. The molecule has 4 heteroatoms. The Bertz CT molecular complexity index is 281. The fourth-order valence-corrected chi connectivity index (χ4v) is 1.52. The van der Waals surface area contributed by atoms with Gasteiger partial charge in [0.1, 0.15) is 5.82 Å². The zero-order chi connectivity index (χ0) is 12.6. The Morgan fingerprint density at radius 3 is 2.38 bits per heavy atom. The molecule has 1 N–H and O–H groups in total. The minimum Gasteiger partial charge on any atom is -0.372 e. The number of fused-ring (bicyclic) bond motifs is 1. The molecule has 94 valence electrons. The SMILES string of the molecule is CC.CC.CNc1cc2n(n1)CCN(C)C2. The van der Waals surface area contributed by atoms with Crippen molar-refractivity contribution in [2.24, 2.45) is 0 Å². The summed E-state index contributed by atoms with van der Waals surface area (Å²) in [5, 5.41) is 7.43. The van der Waals surface area contributed by atoms with Crippen LogP contribution in [0.2, 0.25) is 0 Å². The maximum Gasteiger partial charge on any atom is 0.148 e. The van der Waals surface area contributed by atoms with Gasteiger partial charge in [-0.15, -0.1) is 0 Å². The smallest absolute Gasteiger partial charge is 0.148 e. The van der Waals surface area contributed by atoms with E-state index >= 15 is 0 Å². The first-order valence-corrected chi connectivity index (χ1v) is 6.22. The average molecular weight is 226 g/mol. The lowest BCUT2D eigenvalue weighted by Gasteiger charge is -2.22. The molecule has 0 fully saturated rings. The van der Waals surface area contributed by atoms with E-state index in [1.165, 1.54) is 5.69 Å². The Morgan fingerprint density at radius 2 is 1.81 bits per heavy atom. The maximum atomic E-state index is 4.38. The first kappa shape index (κ1) is 15.0. The molecule has 0 aliphatic carbocycles. The van der Waals surface area contributed by atoms with E-state index in [9.17, 15) is 0 Å². The van der Waals surface area contributed by atoms with Gasteiger partial charge in [-0.25, -0.2) is 0 Å². The summed E-state index contributed by atoms with van der Waals surface area (Å²) in [6.45, 7) is 11.1. The van der Waals surface area contributed by atoms with Gasteiger partial charge < -0.3 is 5.32 Å². The molecule has 16 heavy (non-hydrogen) atoms. The Morgan fingerprint density at radius 1 is 1.19 bits per heavy atom. The van der Waals surface area contributed by atoms with Crippen molar-refractivity contribution in [2.45, 2.75) is 40.8 Å². The molecule has 1 aromatic rings. The number of rotatable bonds is 1. The first-order chi connectivity index (χ1) is 7.79. The molecule has 0 saturated carbocycles. The molecular weight excluding hydrogens is 200 g/mol. The number of nitrogens with one attached hydrogen (secondary N) is 1. The third kappa shape index (κ3) is 3.85. The monoisotopic (exact) mass is 226 g/mol. The van der Waals surface area contributed by atoms with Gasteiger partial charge in [0.25, 0.3) is 0 Å². The highest BCUT2D eigenvalue weighted by atomic mass is 15.4. The van der Waals surface area contributed by atoms with Crippen LogP contribution < -0.4 is 5.32 Å². The van der Waals surface area contributed by atoms with Crippen LogP contribution in [-0.4, -0.2) is 35.3 Å². The molecule has 0 bridgehead atoms. The summed E-state index contributed by atoms with van der Waals surface area (Å²) in [5.74, 6) is 0.973. The van der Waals surface area contributed by atoms with E-state index in [4.69, 9.17) is 0 Å². The van der Waals surface area contributed by atoms with Gasteiger partial charge in [0.2, 0.25) is 0 Å². The summed E-state index contributed by atoms with van der Waals surface area (Å²) in [4.78, 5) is 2.30. The molecule has 4 nitrogen and oxygen atoms in total. The van der Waals surface area contributed by atoms with E-state index in [1.807, 2.05) is 34.7 Å². The molecule has 0 amide bonds. The highest BCUT2D eigenvalue weighted by Crippen LogP contribution is 2.14. The lowest BCUT2D eigenvalue weighted by atomic mass is 10.3. The summed E-state index contributed by atoms with van der Waals surface area (Å²) >= 11 is 0. The van der Waals surface area contributed by atoms with Gasteiger partial charge in [-0.3, -0.25) is 9.58 Å². The number of hydrogen-bond acceptors (Lipinski definition) is 3. The molecule has 0 spiro atoms. The van der Waals surface area contributed by atoms with Crippen LogP contribution in [0, 0.1) is 0 Å². The maximum absolute atomic E-state index is 4.38. The summed E-state index contributed by atoms with van der Waals surface area (Å²) < 4.78 is 2.08. The fourth-order valence-electron chi connectivity index (χ4n) is 1.52. The lowest BCUT2D eigenvalue weighted by molar-refractivity contribution is 0.259. The minimum absolute atomic E-state index is 0.973. The second-order valence-electron chi connectivity index (χ2n) is 3.23. The van der Waals surface area contributed by atoms with Crippen molar-refractivity contribution < 1.29 is 0 Å². The molecule has 0 saturated heterocycles. The second-order valence-corrected chi connectivity index (χ2v) is 3.23. The summed E-state index contributed by atoms with van der Waals surface area (Å²) in [7, 11) is 4.04. The average Bonchev–Trinajstić information content (AvgIpc) is 2.76. The number of anilines is 1. The van der Waals surface area contributed by atoms with Crippen LogP contribution in [0.4, 0.5) is 5.82 Å². The van der Waals surface area contributed by atoms with E-state index in [0.717, 1.165) is 25.5 Å². The van der Waals surface area contributed by atoms with E-state index in [0.29, 0.717) is 0 Å². The van der Waals surface area contributed by atoms with Gasteiger partial charge in [-0.2, -0.15) is 5.10 Å². The zero-order valence-electron chi connectivity index (χ0n) is 11.5. The lowest BCUT2D eigenvalue weighted by Crippen LogP contribution is -2.30. The topological polar surface area (TPSA) is 33.1 Å². The number of hydrogen-bond donors (Lipinski definition) is 1. The van der Waals surface area contributed by atoms with Crippen LogP contribution in [0.15, 0.2) is 6.07 Å². The van der Waals surface area contributed by atoms with Crippen molar-refractivity contribution in [1.29, 1.82) is 0 Å². The Labute approximate surface area is 99.6 Å². The molecule has 2 rings (SSSR count). The quantitative estimate of drug-likeness (QED) is 0.798. The van der Waals surface area contributed by atoms with Crippen molar-refractivity contribution in [3.63, 3.8) is 0 Å². The van der Waals surface area contributed by atoms with Gasteiger partial charge in [-0.1, -0.05) is 27.7 Å². The van der Waals surface area contributed by atoms with Crippen LogP contribution in [-0.2, 0) is 13.1 Å². The molecule has 0 atom stereocenters. The van der Waals surface area contributed by atoms with Gasteiger partial charge >= 0.3 is 0 Å². The summed E-state index contributed by atoms with van der Waals surface area (Å²) in [6, 6.07) is 2.11. The van der Waals surface area contributed by atoms with Crippen LogP contribution in [0.5, 0.6) is 0 Å². The predicted octanol–water partition coefficient (Wildman–Crippen LogP) is 2.42. The number of nitrogens with zero attached hydrogens (tertiary/aromatic N) is 3. The Kier molecular flexibility index (Phi) is 7.64. The predicted molar refractivity (Wildman–Crippen MR) is 70.8 cm³/mol. The van der Waals surface area contributed by atoms with E-state index in [-0.39, 0.29) is 0 Å². The standard InChI is InChI=1S/C8H14N4.2C2H6/c1-9-8-5-7-6-11(2)3-4-12(7)10-8;2*1-2/h5H,3-4,6H2,1-2H3,(H,9,10);2*1-2H3. The van der Waals surface area contributed by atoms with Gasteiger partial charge in [0.15, 0.2) is 0 Å². The summed E-state index contributed by atoms with van der Waals surface area (Å²) in [6.07, 6.45) is 0. The van der Waals surface area contributed by atoms with Crippen molar-refractivity contribution in [2.75, 3.05) is 26.0 Å². The Hall–Kier alpha value is -1.03. The third-order valence-electron chi connectivity index (χ3n) is 2.24. The Balaban J connectivity index is 0.000000509.